The maximum atomic E-state index is 11.6. The number of pyridine rings is 1. The molecule has 2 amide bonds. The van der Waals surface area contributed by atoms with Crippen LogP contribution in [0.3, 0.4) is 0 Å². The molecule has 6 heteroatoms. The molecule has 0 atom stereocenters. The first-order chi connectivity index (χ1) is 6.74. The van der Waals surface area contributed by atoms with E-state index >= 15 is 0 Å². The molecule has 1 aliphatic heterocycles. The van der Waals surface area contributed by atoms with Gasteiger partial charge in [0.25, 0.3) is 5.91 Å². The Morgan fingerprint density at radius 2 is 2.43 bits per heavy atom. The molecule has 1 aromatic rings. The summed E-state index contributed by atoms with van der Waals surface area (Å²) in [4.78, 5) is 29.6. The molecular weight excluding hydrogens is 191 g/mol. The van der Waals surface area contributed by atoms with Crippen molar-refractivity contribution in [1.29, 1.82) is 0 Å². The third kappa shape index (κ3) is 1.12. The zero-order valence-electron chi connectivity index (χ0n) is 6.94. The van der Waals surface area contributed by atoms with Crippen molar-refractivity contribution in [2.45, 2.75) is 6.54 Å². The Hall–Kier alpha value is -1.98. The Morgan fingerprint density at radius 1 is 1.64 bits per heavy atom. The second-order valence-corrected chi connectivity index (χ2v) is 2.77. The number of halogens is 1. The molecule has 14 heavy (non-hydrogen) atoms. The molecule has 2 rings (SSSR count). The van der Waals surface area contributed by atoms with Gasteiger partial charge in [-0.15, -0.1) is 0 Å². The van der Waals surface area contributed by atoms with Crippen molar-refractivity contribution in [2.24, 2.45) is 0 Å². The van der Waals surface area contributed by atoms with Crippen molar-refractivity contribution in [1.82, 2.24) is 9.88 Å². The van der Waals surface area contributed by atoms with Crippen LogP contribution in [0.15, 0.2) is 18.5 Å². The van der Waals surface area contributed by atoms with Crippen LogP contribution in [0.25, 0.3) is 0 Å². The number of nitrogens with zero attached hydrogens (tertiary/aromatic N) is 2. The van der Waals surface area contributed by atoms with E-state index in [0.717, 1.165) is 0 Å². The second kappa shape index (κ2) is 3.06. The van der Waals surface area contributed by atoms with E-state index in [4.69, 9.17) is 0 Å². The number of amides is 2. The molecule has 0 spiro atoms. The third-order valence-corrected chi connectivity index (χ3v) is 2.00. The van der Waals surface area contributed by atoms with Crippen molar-refractivity contribution in [3.05, 3.63) is 29.6 Å². The number of carbonyl (C=O) groups excluding carboxylic acids is 2. The van der Waals surface area contributed by atoms with Crippen LogP contribution in [-0.2, 0) is 11.5 Å². The fourth-order valence-electron chi connectivity index (χ4n) is 1.33. The Labute approximate surface area is 78.0 Å². The largest absolute Gasteiger partial charge is 0.454 e. The Kier molecular flexibility index (Phi) is 1.88. The van der Waals surface area contributed by atoms with Gasteiger partial charge >= 0.3 is 6.09 Å². The molecule has 1 aromatic heterocycles. The van der Waals surface area contributed by atoms with E-state index in [0.29, 0.717) is 16.0 Å². The summed E-state index contributed by atoms with van der Waals surface area (Å²) in [5, 5.41) is 0. The molecular formula is C8H5FN2O3. The summed E-state index contributed by atoms with van der Waals surface area (Å²) in [5.74, 6) is -0.587. The van der Waals surface area contributed by atoms with Gasteiger partial charge in [0, 0.05) is 16.9 Å². The molecule has 2 heterocycles. The highest BCUT2D eigenvalue weighted by molar-refractivity contribution is 6.05. The predicted octanol–water partition coefficient (Wildman–Crippen LogP) is 1.06. The van der Waals surface area contributed by atoms with E-state index < -0.39 is 12.0 Å². The van der Waals surface area contributed by atoms with Gasteiger partial charge in [-0.1, -0.05) is 0 Å². The lowest BCUT2D eigenvalue weighted by atomic mass is 10.2. The fraction of sp³-hybridized carbons (Fsp3) is 0.125. The topological polar surface area (TPSA) is 59.5 Å². The highest BCUT2D eigenvalue weighted by Crippen LogP contribution is 2.21. The summed E-state index contributed by atoms with van der Waals surface area (Å²) in [5.41, 5.74) is 0.938. The number of hydrogen-bond donors (Lipinski definition) is 0. The van der Waals surface area contributed by atoms with Gasteiger partial charge in [0.15, 0.2) is 0 Å². The van der Waals surface area contributed by atoms with E-state index in [1.807, 2.05) is 0 Å². The zero-order chi connectivity index (χ0) is 10.1. The van der Waals surface area contributed by atoms with E-state index in [2.05, 4.69) is 9.93 Å². The molecule has 5 nitrogen and oxygen atoms in total. The van der Waals surface area contributed by atoms with Crippen LogP contribution in [-0.4, -0.2) is 21.9 Å². The number of imide groups is 1. The highest BCUT2D eigenvalue weighted by atomic mass is 19.3. The van der Waals surface area contributed by atoms with E-state index in [1.165, 1.54) is 12.4 Å². The maximum absolute atomic E-state index is 11.6. The fourth-order valence-corrected chi connectivity index (χ4v) is 1.33. The molecule has 0 unspecified atom stereocenters. The minimum atomic E-state index is -1.30. The molecule has 0 aliphatic carbocycles. The van der Waals surface area contributed by atoms with Crippen LogP contribution in [0.4, 0.5) is 9.32 Å². The van der Waals surface area contributed by atoms with Crippen molar-refractivity contribution in [3.8, 4) is 0 Å². The minimum Gasteiger partial charge on any atom is -0.268 e. The summed E-state index contributed by atoms with van der Waals surface area (Å²) in [6.45, 7) is 0.0272. The molecule has 0 N–H and O–H groups in total. The lowest BCUT2D eigenvalue weighted by Crippen LogP contribution is -2.30. The first-order valence-corrected chi connectivity index (χ1v) is 3.81. The SMILES string of the molecule is O=C(OF)N1Cc2ccncc2C1=O. The van der Waals surface area contributed by atoms with E-state index in [1.54, 1.807) is 6.07 Å². The smallest absolute Gasteiger partial charge is 0.268 e. The van der Waals surface area contributed by atoms with Gasteiger partial charge < -0.3 is 0 Å². The van der Waals surface area contributed by atoms with Crippen LogP contribution in [0, 0.1) is 0 Å². The molecule has 0 saturated carbocycles. The van der Waals surface area contributed by atoms with Crippen LogP contribution in [0.5, 0.6) is 0 Å². The molecule has 0 bridgehead atoms. The van der Waals surface area contributed by atoms with Crippen LogP contribution >= 0.6 is 0 Å². The van der Waals surface area contributed by atoms with Crippen LogP contribution < -0.4 is 0 Å². The third-order valence-electron chi connectivity index (χ3n) is 2.00. The molecule has 72 valence electrons. The normalized spacial score (nSPS) is 14.1. The number of carbonyl (C=O) groups is 2. The van der Waals surface area contributed by atoms with E-state index in [-0.39, 0.29) is 6.54 Å². The monoisotopic (exact) mass is 196 g/mol. The van der Waals surface area contributed by atoms with Crippen molar-refractivity contribution < 1.29 is 19.1 Å². The summed E-state index contributed by atoms with van der Waals surface area (Å²) in [7, 11) is 0. The van der Waals surface area contributed by atoms with E-state index in [9.17, 15) is 14.1 Å². The van der Waals surface area contributed by atoms with Crippen LogP contribution in [0.1, 0.15) is 15.9 Å². The lowest BCUT2D eigenvalue weighted by Gasteiger charge is -2.07. The quantitative estimate of drug-likeness (QED) is 0.622. The summed E-state index contributed by atoms with van der Waals surface area (Å²) >= 11 is 0. The maximum Gasteiger partial charge on any atom is 0.454 e. The Balaban J connectivity index is 2.35. The standard InChI is InChI=1S/C8H5FN2O3/c9-14-8(13)11-4-5-1-2-10-3-6(5)7(11)12/h1-3H,4H2. The molecule has 0 saturated heterocycles. The summed E-state index contributed by atoms with van der Waals surface area (Å²) < 4.78 is 11.6. The number of hydrogen-bond acceptors (Lipinski definition) is 4. The predicted molar refractivity (Wildman–Crippen MR) is 41.7 cm³/mol. The highest BCUT2D eigenvalue weighted by Gasteiger charge is 2.33. The van der Waals surface area contributed by atoms with Gasteiger partial charge in [0.2, 0.25) is 0 Å². The lowest BCUT2D eigenvalue weighted by molar-refractivity contribution is -0.0759. The van der Waals surface area contributed by atoms with Gasteiger partial charge in [-0.2, -0.15) is 0 Å². The van der Waals surface area contributed by atoms with Gasteiger partial charge in [-0.3, -0.25) is 9.78 Å². The number of fused-ring (bicyclic) bond motifs is 1. The van der Waals surface area contributed by atoms with Gasteiger partial charge in [-0.25, -0.2) is 14.6 Å². The average molecular weight is 196 g/mol. The van der Waals surface area contributed by atoms with Gasteiger partial charge in [0.1, 0.15) is 0 Å². The van der Waals surface area contributed by atoms with Crippen molar-refractivity contribution >= 4 is 12.0 Å². The van der Waals surface area contributed by atoms with Gasteiger partial charge in [0.05, 0.1) is 12.1 Å². The molecule has 0 radical (unpaired) electrons. The Bertz CT molecular complexity index is 407. The van der Waals surface area contributed by atoms with Gasteiger partial charge in [-0.05, 0) is 11.6 Å². The first-order valence-electron chi connectivity index (χ1n) is 3.81. The van der Waals surface area contributed by atoms with Crippen molar-refractivity contribution in [3.63, 3.8) is 0 Å². The first kappa shape index (κ1) is 8.61. The van der Waals surface area contributed by atoms with Crippen LogP contribution in [0.2, 0.25) is 0 Å². The molecule has 0 aromatic carbocycles. The number of aromatic nitrogens is 1. The molecule has 1 aliphatic rings. The minimum absolute atomic E-state index is 0.0272. The average Bonchev–Trinajstić information content (AvgIpc) is 2.56. The zero-order valence-corrected chi connectivity index (χ0v) is 6.94. The molecule has 0 fully saturated rings. The number of rotatable bonds is 0. The van der Waals surface area contributed by atoms with Crippen molar-refractivity contribution in [2.75, 3.05) is 0 Å². The Morgan fingerprint density at radius 3 is 3.07 bits per heavy atom. The summed E-state index contributed by atoms with van der Waals surface area (Å²) in [6, 6.07) is 1.60. The summed E-state index contributed by atoms with van der Waals surface area (Å²) in [6.07, 6.45) is 1.53. The second-order valence-electron chi connectivity index (χ2n) is 2.77.